The molecule has 0 unspecified atom stereocenters. The van der Waals surface area contributed by atoms with E-state index < -0.39 is 26.2 Å². The van der Waals surface area contributed by atoms with E-state index in [1.807, 2.05) is 6.92 Å². The fourth-order valence-electron chi connectivity index (χ4n) is 1.63. The van der Waals surface area contributed by atoms with Crippen molar-refractivity contribution in [3.8, 4) is 11.5 Å². The Hall–Kier alpha value is -1.72. The molecule has 0 saturated heterocycles. The van der Waals surface area contributed by atoms with Crippen LogP contribution >= 0.6 is 11.6 Å². The van der Waals surface area contributed by atoms with E-state index in [0.717, 1.165) is 11.6 Å². The SMILES string of the molecule is Cc1ccc(S(=O)(=O)c2c(Cl)ccc(O)c2O)cc1. The van der Waals surface area contributed by atoms with Crippen molar-refractivity contribution in [1.29, 1.82) is 0 Å². The predicted octanol–water partition coefficient (Wildman–Crippen LogP) is 2.89. The lowest BCUT2D eigenvalue weighted by atomic mass is 10.2. The van der Waals surface area contributed by atoms with E-state index in [9.17, 15) is 18.6 Å². The lowest BCUT2D eigenvalue weighted by Gasteiger charge is -2.10. The quantitative estimate of drug-likeness (QED) is 0.836. The Labute approximate surface area is 115 Å². The Morgan fingerprint density at radius 3 is 2.16 bits per heavy atom. The smallest absolute Gasteiger partial charge is 0.211 e. The van der Waals surface area contributed by atoms with E-state index in [-0.39, 0.29) is 9.92 Å². The number of phenols is 2. The summed E-state index contributed by atoms with van der Waals surface area (Å²) in [6.07, 6.45) is 0. The molecule has 2 aromatic rings. The lowest BCUT2D eigenvalue weighted by molar-refractivity contribution is 0.393. The third kappa shape index (κ3) is 2.39. The first-order valence-corrected chi connectivity index (χ1v) is 7.22. The van der Waals surface area contributed by atoms with Crippen LogP contribution in [0.5, 0.6) is 11.5 Å². The molecule has 2 N–H and O–H groups in total. The van der Waals surface area contributed by atoms with Gasteiger partial charge in [-0.2, -0.15) is 0 Å². The number of benzene rings is 2. The van der Waals surface area contributed by atoms with Crippen molar-refractivity contribution < 1.29 is 18.6 Å². The summed E-state index contributed by atoms with van der Waals surface area (Å²) in [5.41, 5.74) is 0.908. The van der Waals surface area contributed by atoms with E-state index >= 15 is 0 Å². The summed E-state index contributed by atoms with van der Waals surface area (Å²) in [6, 6.07) is 8.47. The zero-order valence-electron chi connectivity index (χ0n) is 9.96. The Bertz CT molecular complexity index is 721. The number of phenolic OH excluding ortho intramolecular Hbond substituents is 2. The second kappa shape index (κ2) is 4.75. The Kier molecular flexibility index (Phi) is 3.43. The Morgan fingerprint density at radius 2 is 1.58 bits per heavy atom. The highest BCUT2D eigenvalue weighted by Gasteiger charge is 2.26. The summed E-state index contributed by atoms with van der Waals surface area (Å²) < 4.78 is 24.8. The van der Waals surface area contributed by atoms with Crippen molar-refractivity contribution in [2.75, 3.05) is 0 Å². The Balaban J connectivity index is 2.70. The topological polar surface area (TPSA) is 74.6 Å². The zero-order valence-corrected chi connectivity index (χ0v) is 11.5. The van der Waals surface area contributed by atoms with Crippen LogP contribution in [0, 0.1) is 6.92 Å². The first-order valence-electron chi connectivity index (χ1n) is 5.36. The number of sulfone groups is 1. The largest absolute Gasteiger partial charge is 0.504 e. The first kappa shape index (κ1) is 13.7. The maximum Gasteiger partial charge on any atom is 0.211 e. The van der Waals surface area contributed by atoms with E-state index in [2.05, 4.69) is 0 Å². The van der Waals surface area contributed by atoms with Gasteiger partial charge in [0, 0.05) is 0 Å². The second-order valence-corrected chi connectivity index (χ2v) is 6.35. The molecule has 0 radical (unpaired) electrons. The third-order valence-electron chi connectivity index (χ3n) is 2.66. The fraction of sp³-hybridized carbons (Fsp3) is 0.0769. The minimum Gasteiger partial charge on any atom is -0.504 e. The van der Waals surface area contributed by atoms with Gasteiger partial charge < -0.3 is 10.2 Å². The number of rotatable bonds is 2. The van der Waals surface area contributed by atoms with Crippen molar-refractivity contribution in [3.05, 3.63) is 47.0 Å². The molecule has 0 aliphatic carbocycles. The summed E-state index contributed by atoms with van der Waals surface area (Å²) >= 11 is 5.82. The van der Waals surface area contributed by atoms with E-state index in [1.54, 1.807) is 12.1 Å². The molecule has 0 spiro atoms. The molecular formula is C13H11ClO4S. The van der Waals surface area contributed by atoms with Crippen molar-refractivity contribution in [1.82, 2.24) is 0 Å². The molecule has 0 saturated carbocycles. The average molecular weight is 299 g/mol. The minimum absolute atomic E-state index is 0.000833. The summed E-state index contributed by atoms with van der Waals surface area (Å²) in [6.45, 7) is 1.83. The van der Waals surface area contributed by atoms with E-state index in [0.29, 0.717) is 0 Å². The first-order chi connectivity index (χ1) is 8.84. The molecule has 0 heterocycles. The monoisotopic (exact) mass is 298 g/mol. The molecule has 0 fully saturated rings. The molecule has 2 aromatic carbocycles. The molecule has 0 aromatic heterocycles. The number of aromatic hydroxyl groups is 2. The molecule has 0 bridgehead atoms. The molecule has 0 aliphatic heterocycles. The summed E-state index contributed by atoms with van der Waals surface area (Å²) in [7, 11) is -3.98. The van der Waals surface area contributed by atoms with Crippen LogP contribution in [0.25, 0.3) is 0 Å². The van der Waals surface area contributed by atoms with Crippen LogP contribution < -0.4 is 0 Å². The van der Waals surface area contributed by atoms with Gasteiger partial charge in [-0.05, 0) is 31.2 Å². The van der Waals surface area contributed by atoms with E-state index in [1.165, 1.54) is 18.2 Å². The van der Waals surface area contributed by atoms with Crippen LogP contribution in [0.2, 0.25) is 5.02 Å². The van der Waals surface area contributed by atoms with Crippen LogP contribution in [0.1, 0.15) is 5.56 Å². The number of hydrogen-bond acceptors (Lipinski definition) is 4. The highest BCUT2D eigenvalue weighted by molar-refractivity contribution is 7.91. The Morgan fingerprint density at radius 1 is 1.00 bits per heavy atom. The maximum absolute atomic E-state index is 12.4. The maximum atomic E-state index is 12.4. The van der Waals surface area contributed by atoms with Gasteiger partial charge >= 0.3 is 0 Å². The standard InChI is InChI=1S/C13H11ClO4S/c1-8-2-4-9(5-3-8)19(17,18)13-10(14)6-7-11(15)12(13)16/h2-7,15-16H,1H3. The van der Waals surface area contributed by atoms with Gasteiger partial charge in [0.05, 0.1) is 9.92 Å². The number of aryl methyl sites for hydroxylation is 1. The number of hydrogen-bond donors (Lipinski definition) is 2. The minimum atomic E-state index is -3.98. The molecule has 4 nitrogen and oxygen atoms in total. The van der Waals surface area contributed by atoms with Crippen molar-refractivity contribution in [2.45, 2.75) is 16.7 Å². The predicted molar refractivity (Wildman–Crippen MR) is 71.4 cm³/mol. The number of halogens is 1. The van der Waals surface area contributed by atoms with Gasteiger partial charge in [0.1, 0.15) is 4.90 Å². The molecule has 0 aliphatic rings. The van der Waals surface area contributed by atoms with Crippen molar-refractivity contribution in [2.24, 2.45) is 0 Å². The molecule has 100 valence electrons. The van der Waals surface area contributed by atoms with Crippen LogP contribution in [0.4, 0.5) is 0 Å². The van der Waals surface area contributed by atoms with Gasteiger partial charge in [-0.15, -0.1) is 0 Å². The third-order valence-corrected chi connectivity index (χ3v) is 4.93. The van der Waals surface area contributed by atoms with Gasteiger partial charge in [0.15, 0.2) is 11.5 Å². The molecule has 2 rings (SSSR count). The van der Waals surface area contributed by atoms with Gasteiger partial charge in [0.25, 0.3) is 0 Å². The summed E-state index contributed by atoms with van der Waals surface area (Å²) in [4.78, 5) is -0.487. The second-order valence-electron chi connectivity index (χ2n) is 4.06. The van der Waals surface area contributed by atoms with Crippen LogP contribution in [0.15, 0.2) is 46.2 Å². The molecule has 6 heteroatoms. The van der Waals surface area contributed by atoms with Crippen molar-refractivity contribution in [3.63, 3.8) is 0 Å². The van der Waals surface area contributed by atoms with Gasteiger partial charge in [-0.3, -0.25) is 0 Å². The van der Waals surface area contributed by atoms with Gasteiger partial charge in [-0.1, -0.05) is 29.3 Å². The highest BCUT2D eigenvalue weighted by Crippen LogP contribution is 2.40. The normalized spacial score (nSPS) is 11.5. The fourth-order valence-corrected chi connectivity index (χ4v) is 3.50. The van der Waals surface area contributed by atoms with Crippen LogP contribution in [0.3, 0.4) is 0 Å². The highest BCUT2D eigenvalue weighted by atomic mass is 35.5. The zero-order chi connectivity index (χ0) is 14.2. The lowest BCUT2D eigenvalue weighted by Crippen LogP contribution is -2.03. The average Bonchev–Trinajstić information content (AvgIpc) is 2.34. The van der Waals surface area contributed by atoms with Gasteiger partial charge in [-0.25, -0.2) is 8.42 Å². The van der Waals surface area contributed by atoms with Gasteiger partial charge in [0.2, 0.25) is 9.84 Å². The van der Waals surface area contributed by atoms with Crippen molar-refractivity contribution >= 4 is 21.4 Å². The molecule has 0 atom stereocenters. The molecule has 19 heavy (non-hydrogen) atoms. The van der Waals surface area contributed by atoms with Crippen LogP contribution in [-0.2, 0) is 9.84 Å². The molecular weight excluding hydrogens is 288 g/mol. The summed E-state index contributed by atoms with van der Waals surface area (Å²) in [5.74, 6) is -1.27. The van der Waals surface area contributed by atoms with E-state index in [4.69, 9.17) is 11.6 Å². The molecule has 0 amide bonds. The summed E-state index contributed by atoms with van der Waals surface area (Å²) in [5, 5.41) is 19.0. The van der Waals surface area contributed by atoms with Crippen LogP contribution in [-0.4, -0.2) is 18.6 Å².